The van der Waals surface area contributed by atoms with Gasteiger partial charge in [0.2, 0.25) is 0 Å². The molecule has 0 aliphatic carbocycles. The quantitative estimate of drug-likeness (QED) is 0.619. The van der Waals surface area contributed by atoms with Gasteiger partial charge in [0.25, 0.3) is 5.91 Å². The van der Waals surface area contributed by atoms with Crippen LogP contribution >= 0.6 is 11.6 Å². The molecule has 0 radical (unpaired) electrons. The second kappa shape index (κ2) is 5.36. The van der Waals surface area contributed by atoms with Crippen molar-refractivity contribution in [3.63, 3.8) is 0 Å². The first-order valence-electron chi connectivity index (χ1n) is 8.63. The van der Waals surface area contributed by atoms with E-state index < -0.39 is 5.54 Å². The highest BCUT2D eigenvalue weighted by atomic mass is 35.5. The van der Waals surface area contributed by atoms with E-state index in [1.807, 2.05) is 67.8 Å². The van der Waals surface area contributed by atoms with Gasteiger partial charge in [0, 0.05) is 41.1 Å². The Kier molecular flexibility index (Phi) is 3.19. The number of hydrogen-bond acceptors (Lipinski definition) is 1. The van der Waals surface area contributed by atoms with Gasteiger partial charge in [-0.25, -0.2) is 0 Å². The molecule has 3 heterocycles. The largest absolute Gasteiger partial charge is 0.328 e. The number of para-hydroxylation sites is 1. The molecule has 5 rings (SSSR count). The van der Waals surface area contributed by atoms with Gasteiger partial charge in [-0.3, -0.25) is 4.79 Å². The number of benzene rings is 2. The number of fused-ring (bicyclic) bond motifs is 4. The van der Waals surface area contributed by atoms with Gasteiger partial charge < -0.3 is 9.47 Å². The van der Waals surface area contributed by atoms with Gasteiger partial charge in [-0.05, 0) is 42.0 Å². The maximum atomic E-state index is 13.7. The smallest absolute Gasteiger partial charge is 0.258 e. The zero-order valence-corrected chi connectivity index (χ0v) is 15.0. The van der Waals surface area contributed by atoms with E-state index in [-0.39, 0.29) is 11.8 Å². The molecule has 128 valence electrons. The normalized spacial score (nSPS) is 23.4. The van der Waals surface area contributed by atoms with Gasteiger partial charge in [-0.2, -0.15) is 0 Å². The van der Waals surface area contributed by atoms with E-state index in [4.69, 9.17) is 11.6 Å². The fourth-order valence-electron chi connectivity index (χ4n) is 4.46. The molecule has 0 N–H and O–H groups in total. The number of carbonyl (C=O) groups is 1. The van der Waals surface area contributed by atoms with Crippen LogP contribution in [0.5, 0.6) is 0 Å². The third-order valence-corrected chi connectivity index (χ3v) is 5.86. The molecule has 1 aromatic heterocycles. The van der Waals surface area contributed by atoms with Crippen LogP contribution in [0.4, 0.5) is 5.69 Å². The van der Waals surface area contributed by atoms with E-state index in [9.17, 15) is 4.79 Å². The van der Waals surface area contributed by atoms with Crippen molar-refractivity contribution in [1.29, 1.82) is 0 Å². The van der Waals surface area contributed by atoms with Gasteiger partial charge in [-0.1, -0.05) is 48.0 Å². The van der Waals surface area contributed by atoms with Crippen molar-refractivity contribution in [3.05, 3.63) is 94.8 Å². The van der Waals surface area contributed by atoms with Crippen LogP contribution in [0.1, 0.15) is 22.7 Å². The van der Waals surface area contributed by atoms with Crippen LogP contribution in [0.15, 0.2) is 72.9 Å². The van der Waals surface area contributed by atoms with Crippen molar-refractivity contribution >= 4 is 29.3 Å². The lowest BCUT2D eigenvalue weighted by Crippen LogP contribution is -2.50. The molecule has 3 nitrogen and oxygen atoms in total. The molecule has 1 spiro atoms. The van der Waals surface area contributed by atoms with Crippen molar-refractivity contribution in [2.45, 2.75) is 11.5 Å². The summed E-state index contributed by atoms with van der Waals surface area (Å²) in [5.74, 6) is -0.0290. The zero-order chi connectivity index (χ0) is 17.9. The van der Waals surface area contributed by atoms with Crippen molar-refractivity contribution in [2.75, 3.05) is 11.9 Å². The summed E-state index contributed by atoms with van der Waals surface area (Å²) in [6, 6.07) is 19.9. The zero-order valence-electron chi connectivity index (χ0n) is 14.3. The fourth-order valence-corrected chi connectivity index (χ4v) is 4.59. The number of anilines is 1. The Labute approximate surface area is 157 Å². The molecule has 3 aromatic rings. The number of rotatable bonds is 1. The summed E-state index contributed by atoms with van der Waals surface area (Å²) in [6.45, 7) is 0. The topological polar surface area (TPSA) is 25.2 Å². The molecule has 0 saturated carbocycles. The summed E-state index contributed by atoms with van der Waals surface area (Å²) in [6.07, 6.45) is 6.25. The number of likely N-dealkylation sites (N-methyl/N-ethyl adjacent to an activating group) is 1. The van der Waals surface area contributed by atoms with Gasteiger partial charge in [0.15, 0.2) is 5.54 Å². The first kappa shape index (κ1) is 15.5. The SMILES string of the molecule is CN1C(=O)[C@]2(c3ccccc31)[C@H](c1ccc(Cl)cc1)C=Cc1cccn12. The van der Waals surface area contributed by atoms with Gasteiger partial charge in [0.1, 0.15) is 0 Å². The summed E-state index contributed by atoms with van der Waals surface area (Å²) in [5.41, 5.74) is 3.30. The maximum Gasteiger partial charge on any atom is 0.258 e. The van der Waals surface area contributed by atoms with Crippen LogP contribution in [0.25, 0.3) is 6.08 Å². The highest BCUT2D eigenvalue weighted by Gasteiger charge is 2.57. The van der Waals surface area contributed by atoms with Crippen molar-refractivity contribution in [1.82, 2.24) is 4.57 Å². The molecule has 0 unspecified atom stereocenters. The molecule has 0 saturated heterocycles. The van der Waals surface area contributed by atoms with Crippen molar-refractivity contribution < 1.29 is 4.79 Å². The van der Waals surface area contributed by atoms with Crippen LogP contribution < -0.4 is 4.90 Å². The molecule has 2 aromatic carbocycles. The van der Waals surface area contributed by atoms with Gasteiger partial charge in [0.05, 0.1) is 0 Å². The second-order valence-corrected chi connectivity index (χ2v) is 7.28. The van der Waals surface area contributed by atoms with Gasteiger partial charge in [-0.15, -0.1) is 0 Å². The average molecular weight is 361 g/mol. The summed E-state index contributed by atoms with van der Waals surface area (Å²) in [7, 11) is 1.86. The molecular weight excluding hydrogens is 344 g/mol. The van der Waals surface area contributed by atoms with Crippen LogP contribution in [0.2, 0.25) is 5.02 Å². The van der Waals surface area contributed by atoms with E-state index in [1.165, 1.54) is 0 Å². The Bertz CT molecular complexity index is 1050. The predicted octanol–water partition coefficient (Wildman–Crippen LogP) is 4.67. The molecule has 0 fully saturated rings. The Morgan fingerprint density at radius 1 is 1.00 bits per heavy atom. The lowest BCUT2D eigenvalue weighted by atomic mass is 9.73. The van der Waals surface area contributed by atoms with E-state index in [0.29, 0.717) is 5.02 Å². The van der Waals surface area contributed by atoms with Crippen LogP contribution in [-0.2, 0) is 10.3 Å². The number of allylic oxidation sites excluding steroid dienone is 1. The van der Waals surface area contributed by atoms with Crippen molar-refractivity contribution in [2.24, 2.45) is 0 Å². The third-order valence-electron chi connectivity index (χ3n) is 5.61. The monoisotopic (exact) mass is 360 g/mol. The minimum Gasteiger partial charge on any atom is -0.328 e. The summed E-state index contributed by atoms with van der Waals surface area (Å²) in [5, 5.41) is 0.694. The maximum absolute atomic E-state index is 13.7. The number of amides is 1. The molecule has 4 heteroatoms. The first-order chi connectivity index (χ1) is 12.6. The molecule has 2 aliphatic rings. The number of carbonyl (C=O) groups excluding carboxylic acids is 1. The number of halogens is 1. The lowest BCUT2D eigenvalue weighted by Gasteiger charge is -2.40. The minimum absolute atomic E-state index is 0.0837. The summed E-state index contributed by atoms with van der Waals surface area (Å²) >= 11 is 6.10. The average Bonchev–Trinajstić information content (AvgIpc) is 3.23. The van der Waals surface area contributed by atoms with E-state index in [2.05, 4.69) is 22.8 Å². The molecule has 2 atom stereocenters. The third kappa shape index (κ3) is 1.81. The fraction of sp³-hybridized carbons (Fsp3) is 0.136. The molecule has 2 aliphatic heterocycles. The number of aromatic nitrogens is 1. The molecular formula is C22H17ClN2O. The van der Waals surface area contributed by atoms with Crippen molar-refractivity contribution in [3.8, 4) is 0 Å². The van der Waals surface area contributed by atoms with Gasteiger partial charge >= 0.3 is 0 Å². The summed E-state index contributed by atoms with van der Waals surface area (Å²) in [4.78, 5) is 15.5. The Balaban J connectivity index is 1.85. The van der Waals surface area contributed by atoms with E-state index >= 15 is 0 Å². The number of hydrogen-bond donors (Lipinski definition) is 0. The summed E-state index contributed by atoms with van der Waals surface area (Å²) < 4.78 is 2.12. The van der Waals surface area contributed by atoms with E-state index in [1.54, 1.807) is 4.90 Å². The standard InChI is InChI=1S/C22H17ClN2O/c1-24-20-7-3-2-6-19(20)22(21(24)26)18(15-8-10-16(23)11-9-15)13-12-17-5-4-14-25(17)22/h2-14,18H,1H3/t18-,22+/m0/s1. The highest BCUT2D eigenvalue weighted by molar-refractivity contribution is 6.30. The minimum atomic E-state index is -0.813. The van der Waals surface area contributed by atoms with Crippen LogP contribution in [-0.4, -0.2) is 17.5 Å². The van der Waals surface area contributed by atoms with Crippen LogP contribution in [0.3, 0.4) is 0 Å². The molecule has 0 bridgehead atoms. The van der Waals surface area contributed by atoms with E-state index in [0.717, 1.165) is 22.5 Å². The second-order valence-electron chi connectivity index (χ2n) is 6.84. The Morgan fingerprint density at radius 2 is 1.77 bits per heavy atom. The first-order valence-corrected chi connectivity index (χ1v) is 9.01. The molecule has 26 heavy (non-hydrogen) atoms. The lowest BCUT2D eigenvalue weighted by molar-refractivity contribution is -0.124. The Morgan fingerprint density at radius 3 is 2.58 bits per heavy atom. The highest BCUT2D eigenvalue weighted by Crippen LogP contribution is 2.53. The van der Waals surface area contributed by atoms with Crippen LogP contribution in [0, 0.1) is 0 Å². The predicted molar refractivity (Wildman–Crippen MR) is 105 cm³/mol. The number of nitrogens with zero attached hydrogens (tertiary/aromatic N) is 2. The molecule has 1 amide bonds. The Hall–Kier alpha value is -2.78.